The molecule has 0 radical (unpaired) electrons. The van der Waals surface area contributed by atoms with Crippen LogP contribution in [0.3, 0.4) is 0 Å². The molecule has 0 amide bonds. The molecule has 4 heterocycles. The predicted octanol–water partition coefficient (Wildman–Crippen LogP) is 5.85. The number of hydrogen-bond acceptors (Lipinski definition) is 6. The van der Waals surface area contributed by atoms with Gasteiger partial charge in [-0.05, 0) is 55.7 Å². The number of aromatic nitrogens is 5. The molecule has 2 unspecified atom stereocenters. The highest BCUT2D eigenvalue weighted by molar-refractivity contribution is 5.96. The van der Waals surface area contributed by atoms with Crippen molar-refractivity contribution in [2.24, 2.45) is 5.92 Å². The molecule has 184 valence electrons. The van der Waals surface area contributed by atoms with Crippen LogP contribution in [0.5, 0.6) is 11.6 Å². The first kappa shape index (κ1) is 22.5. The number of morpholine rings is 1. The topological polar surface area (TPSA) is 91.9 Å². The zero-order valence-electron chi connectivity index (χ0n) is 20.9. The van der Waals surface area contributed by atoms with E-state index in [2.05, 4.69) is 64.0 Å². The van der Waals surface area contributed by atoms with E-state index in [9.17, 15) is 0 Å². The molecule has 36 heavy (non-hydrogen) atoms. The summed E-state index contributed by atoms with van der Waals surface area (Å²) in [6.07, 6.45) is 1.98. The fourth-order valence-corrected chi connectivity index (χ4v) is 4.79. The Hall–Kier alpha value is -3.91. The van der Waals surface area contributed by atoms with Gasteiger partial charge in [-0.1, -0.05) is 26.0 Å². The number of para-hydroxylation sites is 1. The van der Waals surface area contributed by atoms with E-state index in [0.717, 1.165) is 46.3 Å². The van der Waals surface area contributed by atoms with Crippen molar-refractivity contribution in [1.82, 2.24) is 25.1 Å². The van der Waals surface area contributed by atoms with Gasteiger partial charge in [0.05, 0.1) is 23.7 Å². The number of fused-ring (bicyclic) bond motifs is 2. The molecule has 1 saturated heterocycles. The maximum atomic E-state index is 6.07. The number of H-pyrrole nitrogens is 2. The summed E-state index contributed by atoms with van der Waals surface area (Å²) in [5.41, 5.74) is 5.71. The van der Waals surface area contributed by atoms with Crippen molar-refractivity contribution >= 4 is 27.6 Å². The number of aryl methyl sites for hydroxylation is 1. The van der Waals surface area contributed by atoms with Gasteiger partial charge in [-0.15, -0.1) is 0 Å². The molecule has 2 atom stereocenters. The minimum Gasteiger partial charge on any atom is -0.437 e. The lowest BCUT2D eigenvalue weighted by atomic mass is 10.0. The molecule has 1 aliphatic rings. The van der Waals surface area contributed by atoms with Crippen molar-refractivity contribution in [3.05, 3.63) is 60.3 Å². The third kappa shape index (κ3) is 4.07. The van der Waals surface area contributed by atoms with Crippen LogP contribution in [0.15, 0.2) is 54.7 Å². The van der Waals surface area contributed by atoms with Crippen LogP contribution in [0.2, 0.25) is 0 Å². The smallest absolute Gasteiger partial charge is 0.219 e. The van der Waals surface area contributed by atoms with E-state index in [1.54, 1.807) is 6.20 Å². The molecule has 1 aliphatic heterocycles. The fourth-order valence-electron chi connectivity index (χ4n) is 4.79. The van der Waals surface area contributed by atoms with Crippen LogP contribution in [0.1, 0.15) is 26.3 Å². The highest BCUT2D eigenvalue weighted by atomic mass is 16.5. The van der Waals surface area contributed by atoms with E-state index in [4.69, 9.17) is 14.5 Å². The lowest BCUT2D eigenvalue weighted by Gasteiger charge is -2.41. The Morgan fingerprint density at radius 1 is 1.14 bits per heavy atom. The SMILES string of the molecule is Cc1ccnc(Oc2cccc3c(-c4nc5ccc(N6CC(C(C)C)OCC6C)cc5[nH]4)n[nH]c23)c1. The average molecular weight is 483 g/mol. The van der Waals surface area contributed by atoms with Gasteiger partial charge < -0.3 is 19.4 Å². The largest absolute Gasteiger partial charge is 0.437 e. The average Bonchev–Trinajstić information content (AvgIpc) is 3.48. The second-order valence-corrected chi connectivity index (χ2v) is 9.93. The van der Waals surface area contributed by atoms with Crippen molar-refractivity contribution in [2.45, 2.75) is 39.8 Å². The minimum absolute atomic E-state index is 0.232. The molecule has 8 heteroatoms. The van der Waals surface area contributed by atoms with Gasteiger partial charge in [-0.3, -0.25) is 5.10 Å². The van der Waals surface area contributed by atoms with Crippen LogP contribution in [0.4, 0.5) is 5.69 Å². The normalized spacial score (nSPS) is 18.4. The van der Waals surface area contributed by atoms with Crippen molar-refractivity contribution in [3.63, 3.8) is 0 Å². The van der Waals surface area contributed by atoms with Crippen molar-refractivity contribution in [2.75, 3.05) is 18.1 Å². The first-order valence-electron chi connectivity index (χ1n) is 12.4. The number of rotatable bonds is 5. The Morgan fingerprint density at radius 3 is 2.86 bits per heavy atom. The highest BCUT2D eigenvalue weighted by Gasteiger charge is 2.28. The van der Waals surface area contributed by atoms with Crippen molar-refractivity contribution in [1.29, 1.82) is 0 Å². The van der Waals surface area contributed by atoms with Crippen LogP contribution in [-0.4, -0.2) is 50.4 Å². The monoisotopic (exact) mass is 482 g/mol. The van der Waals surface area contributed by atoms with Gasteiger partial charge in [0.1, 0.15) is 11.2 Å². The van der Waals surface area contributed by atoms with E-state index >= 15 is 0 Å². The van der Waals surface area contributed by atoms with Crippen LogP contribution in [-0.2, 0) is 4.74 Å². The van der Waals surface area contributed by atoms with E-state index in [0.29, 0.717) is 29.4 Å². The molecule has 6 rings (SSSR count). The van der Waals surface area contributed by atoms with Crippen LogP contribution in [0, 0.1) is 12.8 Å². The summed E-state index contributed by atoms with van der Waals surface area (Å²) >= 11 is 0. The molecule has 5 aromatic rings. The van der Waals surface area contributed by atoms with Crippen LogP contribution < -0.4 is 9.64 Å². The zero-order valence-corrected chi connectivity index (χ0v) is 20.9. The number of anilines is 1. The summed E-state index contributed by atoms with van der Waals surface area (Å²) in [6, 6.07) is 16.5. The quantitative estimate of drug-likeness (QED) is 0.326. The molecule has 0 saturated carbocycles. The number of nitrogens with one attached hydrogen (secondary N) is 2. The van der Waals surface area contributed by atoms with E-state index in [1.165, 1.54) is 5.69 Å². The van der Waals surface area contributed by atoms with Gasteiger partial charge in [0.25, 0.3) is 0 Å². The third-order valence-electron chi connectivity index (χ3n) is 6.89. The Kier molecular flexibility index (Phi) is 5.60. The van der Waals surface area contributed by atoms with E-state index in [1.807, 2.05) is 37.3 Å². The number of pyridine rings is 1. The van der Waals surface area contributed by atoms with E-state index in [-0.39, 0.29) is 6.10 Å². The fraction of sp³-hybridized carbons (Fsp3) is 0.321. The lowest BCUT2D eigenvalue weighted by molar-refractivity contribution is -0.00422. The molecule has 2 aromatic carbocycles. The first-order chi connectivity index (χ1) is 17.5. The van der Waals surface area contributed by atoms with Gasteiger partial charge in [-0.25, -0.2) is 9.97 Å². The van der Waals surface area contributed by atoms with Crippen molar-refractivity contribution in [3.8, 4) is 23.1 Å². The number of aromatic amines is 2. The number of benzene rings is 2. The second-order valence-electron chi connectivity index (χ2n) is 9.93. The summed E-state index contributed by atoms with van der Waals surface area (Å²) in [7, 11) is 0. The van der Waals surface area contributed by atoms with Gasteiger partial charge in [0, 0.05) is 35.9 Å². The van der Waals surface area contributed by atoms with Gasteiger partial charge in [-0.2, -0.15) is 5.10 Å². The molecule has 0 spiro atoms. The molecule has 1 fully saturated rings. The Bertz CT molecular complexity index is 1540. The molecule has 3 aromatic heterocycles. The van der Waals surface area contributed by atoms with Gasteiger partial charge in [0.2, 0.25) is 5.88 Å². The lowest BCUT2D eigenvalue weighted by Crippen LogP contribution is -2.50. The Morgan fingerprint density at radius 2 is 2.03 bits per heavy atom. The maximum absolute atomic E-state index is 6.07. The van der Waals surface area contributed by atoms with Crippen molar-refractivity contribution < 1.29 is 9.47 Å². The maximum Gasteiger partial charge on any atom is 0.219 e. The van der Waals surface area contributed by atoms with Gasteiger partial charge >= 0.3 is 0 Å². The second kappa shape index (κ2) is 8.95. The summed E-state index contributed by atoms with van der Waals surface area (Å²) in [6.45, 7) is 10.3. The minimum atomic E-state index is 0.232. The molecule has 8 nitrogen and oxygen atoms in total. The predicted molar refractivity (Wildman–Crippen MR) is 142 cm³/mol. The highest BCUT2D eigenvalue weighted by Crippen LogP contribution is 2.34. The summed E-state index contributed by atoms with van der Waals surface area (Å²) in [4.78, 5) is 15.1. The standard InChI is InChI=1S/C28H30N6O2/c1-16(2)24-14-34(18(4)15-35-24)19-8-9-21-22(13-19)31-28(30-21)27-20-6-5-7-23(26(20)32-33-27)36-25-12-17(3)10-11-29-25/h5-13,16,18,24H,14-15H2,1-4H3,(H,30,31)(H,32,33). The third-order valence-corrected chi connectivity index (χ3v) is 6.89. The van der Waals surface area contributed by atoms with E-state index < -0.39 is 0 Å². The number of ether oxygens (including phenoxy) is 2. The Balaban J connectivity index is 1.33. The summed E-state index contributed by atoms with van der Waals surface area (Å²) < 4.78 is 12.1. The number of hydrogen-bond donors (Lipinski definition) is 2. The molecular formula is C28H30N6O2. The Labute approximate surface area is 209 Å². The molecular weight excluding hydrogens is 452 g/mol. The number of nitrogens with zero attached hydrogens (tertiary/aromatic N) is 4. The first-order valence-corrected chi connectivity index (χ1v) is 12.4. The zero-order chi connectivity index (χ0) is 24.8. The van der Waals surface area contributed by atoms with Crippen LogP contribution >= 0.6 is 0 Å². The molecule has 0 aliphatic carbocycles. The number of imidazole rings is 1. The summed E-state index contributed by atoms with van der Waals surface area (Å²) in [5, 5.41) is 8.65. The molecule has 2 N–H and O–H groups in total. The summed E-state index contributed by atoms with van der Waals surface area (Å²) in [5.74, 6) is 2.41. The molecule has 0 bridgehead atoms. The van der Waals surface area contributed by atoms with Crippen LogP contribution in [0.25, 0.3) is 33.5 Å². The van der Waals surface area contributed by atoms with Gasteiger partial charge in [0.15, 0.2) is 11.6 Å².